The fraction of sp³-hybridized carbons (Fsp3) is 0. The molecule has 246 valence electrons. The maximum Gasteiger partial charge on any atom is 0.135 e. The molecule has 0 amide bonds. The molecule has 52 heavy (non-hydrogen) atoms. The molecule has 1 heterocycles. The predicted molar refractivity (Wildman–Crippen MR) is 218 cm³/mol. The van der Waals surface area contributed by atoms with Crippen molar-refractivity contribution in [2.75, 3.05) is 4.90 Å². The highest BCUT2D eigenvalue weighted by atomic mass is 16.3. The zero-order valence-corrected chi connectivity index (χ0v) is 28.6. The molecule has 2 nitrogen and oxygen atoms in total. The number of hydrogen-bond acceptors (Lipinski definition) is 2. The molecule has 0 bridgehead atoms. The summed E-state index contributed by atoms with van der Waals surface area (Å²) in [5, 5.41) is 1.11. The van der Waals surface area contributed by atoms with Crippen LogP contribution in [0.15, 0.2) is 217 Å². The molecule has 0 fully saturated rings. The SMILES string of the molecule is c1ccc(-c2ccc(N(c3ccc(-c4cccc(-c5ccccc5)c4)cc3)c3ccc(-c4cccc(-c5cc6ccccc6o5)c4)cc3)cc2)cc1. The Bertz CT molecular complexity index is 2550. The Morgan fingerprint density at radius 3 is 1.13 bits per heavy atom. The van der Waals surface area contributed by atoms with Gasteiger partial charge < -0.3 is 9.32 Å². The number of rotatable bonds is 8. The molecule has 2 heteroatoms. The van der Waals surface area contributed by atoms with Crippen molar-refractivity contribution in [1.29, 1.82) is 0 Å². The molecule has 1 aromatic heterocycles. The van der Waals surface area contributed by atoms with Gasteiger partial charge in [-0.1, -0.05) is 152 Å². The molecule has 8 aromatic carbocycles. The van der Waals surface area contributed by atoms with Crippen LogP contribution in [0.2, 0.25) is 0 Å². The summed E-state index contributed by atoms with van der Waals surface area (Å²) < 4.78 is 6.19. The first kappa shape index (κ1) is 31.1. The van der Waals surface area contributed by atoms with Gasteiger partial charge in [0.15, 0.2) is 0 Å². The Labute approximate surface area is 304 Å². The quantitative estimate of drug-likeness (QED) is 0.161. The molecule has 0 aliphatic rings. The van der Waals surface area contributed by atoms with Gasteiger partial charge in [-0.15, -0.1) is 0 Å². The third kappa shape index (κ3) is 6.30. The minimum absolute atomic E-state index is 0.875. The van der Waals surface area contributed by atoms with Crippen LogP contribution in [0.25, 0.3) is 66.8 Å². The minimum atomic E-state index is 0.875. The van der Waals surface area contributed by atoms with E-state index in [1.807, 2.05) is 18.2 Å². The average molecular weight is 666 g/mol. The fourth-order valence-electron chi connectivity index (χ4n) is 6.97. The van der Waals surface area contributed by atoms with E-state index in [1.165, 1.54) is 33.4 Å². The third-order valence-corrected chi connectivity index (χ3v) is 9.69. The van der Waals surface area contributed by atoms with E-state index in [0.717, 1.165) is 50.5 Å². The van der Waals surface area contributed by atoms with E-state index < -0.39 is 0 Å². The van der Waals surface area contributed by atoms with Crippen LogP contribution >= 0.6 is 0 Å². The molecular weight excluding hydrogens is 631 g/mol. The molecular formula is C50H35NO. The van der Waals surface area contributed by atoms with Crippen LogP contribution in [0, 0.1) is 0 Å². The molecule has 0 radical (unpaired) electrons. The van der Waals surface area contributed by atoms with Crippen LogP contribution in [0.1, 0.15) is 0 Å². The summed E-state index contributed by atoms with van der Waals surface area (Å²) in [6, 6.07) is 75.3. The molecule has 9 aromatic rings. The summed E-state index contributed by atoms with van der Waals surface area (Å²) >= 11 is 0. The molecule has 0 saturated heterocycles. The van der Waals surface area contributed by atoms with Gasteiger partial charge in [0.2, 0.25) is 0 Å². The second-order valence-electron chi connectivity index (χ2n) is 13.0. The molecule has 0 N–H and O–H groups in total. The Kier molecular flexibility index (Phi) is 8.24. The second kappa shape index (κ2) is 13.8. The maximum atomic E-state index is 6.19. The van der Waals surface area contributed by atoms with Crippen molar-refractivity contribution in [2.24, 2.45) is 0 Å². The third-order valence-electron chi connectivity index (χ3n) is 9.69. The van der Waals surface area contributed by atoms with Crippen LogP contribution in [0.5, 0.6) is 0 Å². The molecule has 9 rings (SSSR count). The molecule has 0 unspecified atom stereocenters. The van der Waals surface area contributed by atoms with Crippen molar-refractivity contribution < 1.29 is 4.42 Å². The van der Waals surface area contributed by atoms with Gasteiger partial charge >= 0.3 is 0 Å². The lowest BCUT2D eigenvalue weighted by molar-refractivity contribution is 0.631. The number of para-hydroxylation sites is 1. The summed E-state index contributed by atoms with van der Waals surface area (Å²) in [4.78, 5) is 2.33. The van der Waals surface area contributed by atoms with Crippen molar-refractivity contribution >= 4 is 28.0 Å². The average Bonchev–Trinajstić information content (AvgIpc) is 3.67. The Morgan fingerprint density at radius 2 is 0.635 bits per heavy atom. The smallest absolute Gasteiger partial charge is 0.135 e. The van der Waals surface area contributed by atoms with Gasteiger partial charge in [-0.2, -0.15) is 0 Å². The van der Waals surface area contributed by atoms with Crippen molar-refractivity contribution in [1.82, 2.24) is 0 Å². The first-order valence-corrected chi connectivity index (χ1v) is 17.7. The number of anilines is 3. The summed E-state index contributed by atoms with van der Waals surface area (Å²) in [7, 11) is 0. The van der Waals surface area contributed by atoms with E-state index in [4.69, 9.17) is 4.42 Å². The summed E-state index contributed by atoms with van der Waals surface area (Å²) in [6.07, 6.45) is 0. The summed E-state index contributed by atoms with van der Waals surface area (Å²) in [6.45, 7) is 0. The lowest BCUT2D eigenvalue weighted by Crippen LogP contribution is -2.09. The zero-order valence-electron chi connectivity index (χ0n) is 28.6. The van der Waals surface area contributed by atoms with Crippen LogP contribution in [-0.2, 0) is 0 Å². The molecule has 0 saturated carbocycles. The van der Waals surface area contributed by atoms with Crippen molar-refractivity contribution in [3.05, 3.63) is 212 Å². The van der Waals surface area contributed by atoms with E-state index >= 15 is 0 Å². The van der Waals surface area contributed by atoms with E-state index in [-0.39, 0.29) is 0 Å². The molecule has 0 aliphatic heterocycles. The normalized spacial score (nSPS) is 11.1. The lowest BCUT2D eigenvalue weighted by Gasteiger charge is -2.26. The van der Waals surface area contributed by atoms with Crippen molar-refractivity contribution in [2.45, 2.75) is 0 Å². The van der Waals surface area contributed by atoms with Gasteiger partial charge in [0, 0.05) is 28.0 Å². The second-order valence-corrected chi connectivity index (χ2v) is 13.0. The molecule has 0 aliphatic carbocycles. The van der Waals surface area contributed by atoms with E-state index in [1.54, 1.807) is 0 Å². The fourth-order valence-corrected chi connectivity index (χ4v) is 6.97. The van der Waals surface area contributed by atoms with E-state index in [2.05, 4.69) is 199 Å². The highest BCUT2D eigenvalue weighted by Crippen LogP contribution is 2.39. The van der Waals surface area contributed by atoms with Crippen molar-refractivity contribution in [3.8, 4) is 55.8 Å². The first-order valence-electron chi connectivity index (χ1n) is 17.7. The number of fused-ring (bicyclic) bond motifs is 1. The number of hydrogen-bond donors (Lipinski definition) is 0. The van der Waals surface area contributed by atoms with Gasteiger partial charge in [0.25, 0.3) is 0 Å². The highest BCUT2D eigenvalue weighted by Gasteiger charge is 2.15. The van der Waals surface area contributed by atoms with Crippen LogP contribution in [0.3, 0.4) is 0 Å². The van der Waals surface area contributed by atoms with Gasteiger partial charge in [-0.05, 0) is 105 Å². The first-order chi connectivity index (χ1) is 25.7. The topological polar surface area (TPSA) is 16.4 Å². The van der Waals surface area contributed by atoms with Crippen LogP contribution in [0.4, 0.5) is 17.1 Å². The Hall–Kier alpha value is -6.90. The Balaban J connectivity index is 1.05. The summed E-state index contributed by atoms with van der Waals surface area (Å²) in [5.41, 5.74) is 14.7. The maximum absolute atomic E-state index is 6.19. The Morgan fingerprint density at radius 1 is 0.269 bits per heavy atom. The number of benzene rings is 8. The minimum Gasteiger partial charge on any atom is -0.456 e. The number of furan rings is 1. The van der Waals surface area contributed by atoms with E-state index in [0.29, 0.717) is 0 Å². The summed E-state index contributed by atoms with van der Waals surface area (Å²) in [5.74, 6) is 0.875. The van der Waals surface area contributed by atoms with Crippen molar-refractivity contribution in [3.63, 3.8) is 0 Å². The molecule has 0 spiro atoms. The van der Waals surface area contributed by atoms with Gasteiger partial charge in [0.05, 0.1) is 0 Å². The zero-order chi connectivity index (χ0) is 34.7. The van der Waals surface area contributed by atoms with Gasteiger partial charge in [-0.25, -0.2) is 0 Å². The van der Waals surface area contributed by atoms with Crippen LogP contribution < -0.4 is 4.90 Å². The lowest BCUT2D eigenvalue weighted by atomic mass is 9.98. The predicted octanol–water partition coefficient (Wildman–Crippen LogP) is 14.2. The number of nitrogens with zero attached hydrogens (tertiary/aromatic N) is 1. The van der Waals surface area contributed by atoms with E-state index in [9.17, 15) is 0 Å². The highest BCUT2D eigenvalue weighted by molar-refractivity contribution is 5.85. The molecule has 0 atom stereocenters. The van der Waals surface area contributed by atoms with Gasteiger partial charge in [0.1, 0.15) is 11.3 Å². The van der Waals surface area contributed by atoms with Gasteiger partial charge in [-0.3, -0.25) is 0 Å². The standard InChI is InChI=1S/C50H35NO/c1-3-11-36(12-4-1)38-21-27-46(28-22-38)51(47-29-23-39(24-30-47)42-17-9-16-41(33-42)37-13-5-2-6-14-37)48-31-25-40(26-32-48)43-18-10-19-44(34-43)50-35-45-15-7-8-20-49(45)52-50/h1-35H. The van der Waals surface area contributed by atoms with Crippen LogP contribution in [-0.4, -0.2) is 0 Å². The largest absolute Gasteiger partial charge is 0.456 e. The monoisotopic (exact) mass is 665 g/mol.